The lowest BCUT2D eigenvalue weighted by Crippen LogP contribution is -2.21. The Kier molecular flexibility index (Phi) is 9.05. The molecule has 3 N–H and O–H groups in total. The highest BCUT2D eigenvalue weighted by Gasteiger charge is 2.38. The molecule has 1 saturated heterocycles. The largest absolute Gasteiger partial charge is 0.490 e. The van der Waals surface area contributed by atoms with Crippen LogP contribution < -0.4 is 10.6 Å². The van der Waals surface area contributed by atoms with Crippen LogP contribution in [0.25, 0.3) is 17.0 Å². The summed E-state index contributed by atoms with van der Waals surface area (Å²) in [5, 5.41) is 14.5. The van der Waals surface area contributed by atoms with Crippen LogP contribution in [0.1, 0.15) is 15.9 Å². The van der Waals surface area contributed by atoms with Crippen molar-refractivity contribution >= 4 is 74.7 Å². The SMILES string of the molecule is O=C(O)C(F)(F)F.O=C1NC(=Nc2cc(NC(=O)c3ccccc3)ccc2Cl)SC1=Cc1ccc2ncccc2c1. The first-order chi connectivity index (χ1) is 19.5. The zero-order chi connectivity index (χ0) is 29.6. The van der Waals surface area contributed by atoms with Crippen molar-refractivity contribution in [1.29, 1.82) is 0 Å². The number of carbonyl (C=O) groups is 3. The van der Waals surface area contributed by atoms with Gasteiger partial charge in [-0.3, -0.25) is 14.6 Å². The van der Waals surface area contributed by atoms with Crippen LogP contribution in [0.2, 0.25) is 5.02 Å². The molecule has 2 amide bonds. The highest BCUT2D eigenvalue weighted by molar-refractivity contribution is 8.18. The molecule has 208 valence electrons. The zero-order valence-electron chi connectivity index (χ0n) is 20.6. The van der Waals surface area contributed by atoms with E-state index in [1.807, 2.05) is 42.5 Å². The predicted molar refractivity (Wildman–Crippen MR) is 152 cm³/mol. The van der Waals surface area contributed by atoms with Gasteiger partial charge in [-0.05, 0) is 71.9 Å². The van der Waals surface area contributed by atoms with E-state index in [4.69, 9.17) is 21.5 Å². The molecular weight excluding hydrogens is 581 g/mol. The number of halogens is 4. The van der Waals surface area contributed by atoms with Gasteiger partial charge >= 0.3 is 12.1 Å². The van der Waals surface area contributed by atoms with Gasteiger partial charge in [0.05, 0.1) is 21.1 Å². The van der Waals surface area contributed by atoms with Gasteiger partial charge in [-0.1, -0.05) is 41.9 Å². The molecule has 0 radical (unpaired) electrons. The van der Waals surface area contributed by atoms with Crippen LogP contribution in [-0.4, -0.2) is 39.2 Å². The maximum absolute atomic E-state index is 12.5. The van der Waals surface area contributed by atoms with Crippen molar-refractivity contribution in [3.8, 4) is 0 Å². The molecule has 0 aliphatic carbocycles. The van der Waals surface area contributed by atoms with E-state index in [-0.39, 0.29) is 11.8 Å². The fourth-order valence-corrected chi connectivity index (χ4v) is 4.39. The topological polar surface area (TPSA) is 121 Å². The molecular formula is C28H18ClF3N4O4S. The Morgan fingerprint density at radius 2 is 1.76 bits per heavy atom. The number of alkyl halides is 3. The Morgan fingerprint density at radius 3 is 2.46 bits per heavy atom. The number of carboxylic acid groups (broad SMARTS) is 1. The van der Waals surface area contributed by atoms with E-state index in [1.54, 1.807) is 48.7 Å². The number of rotatable bonds is 4. The molecule has 13 heteroatoms. The maximum atomic E-state index is 12.5. The standard InChI is InChI=1S/C26H17ClN4O2S.C2HF3O2/c27-20-10-9-19(29-24(32)17-5-2-1-3-6-17)15-22(20)30-26-31-25(33)23(34-26)14-16-8-11-21-18(13-16)7-4-12-28-21;3-2(4,5)1(6)7/h1-15H,(H,29,32)(H,30,31,33);(H,6,7). The highest BCUT2D eigenvalue weighted by atomic mass is 35.5. The molecule has 3 aromatic carbocycles. The van der Waals surface area contributed by atoms with Gasteiger partial charge in [0, 0.05) is 22.8 Å². The summed E-state index contributed by atoms with van der Waals surface area (Å²) in [4.78, 5) is 43.2. The fraction of sp³-hybridized carbons (Fsp3) is 0.0357. The molecule has 0 spiro atoms. The minimum atomic E-state index is -5.08. The van der Waals surface area contributed by atoms with E-state index in [0.29, 0.717) is 32.0 Å². The lowest BCUT2D eigenvalue weighted by molar-refractivity contribution is -0.192. The van der Waals surface area contributed by atoms with Crippen molar-refractivity contribution in [3.05, 3.63) is 106 Å². The van der Waals surface area contributed by atoms with Crippen LogP contribution in [0.4, 0.5) is 24.5 Å². The number of pyridine rings is 1. The van der Waals surface area contributed by atoms with E-state index < -0.39 is 12.1 Å². The summed E-state index contributed by atoms with van der Waals surface area (Å²) >= 11 is 7.55. The summed E-state index contributed by atoms with van der Waals surface area (Å²) in [7, 11) is 0. The van der Waals surface area contributed by atoms with Crippen LogP contribution in [0.5, 0.6) is 0 Å². The number of benzene rings is 3. The van der Waals surface area contributed by atoms with Gasteiger partial charge in [-0.2, -0.15) is 13.2 Å². The van der Waals surface area contributed by atoms with Gasteiger partial charge in [-0.15, -0.1) is 0 Å². The molecule has 0 saturated carbocycles. The van der Waals surface area contributed by atoms with Crippen LogP contribution in [0.3, 0.4) is 0 Å². The second-order valence-corrected chi connectivity index (χ2v) is 9.66. The lowest BCUT2D eigenvalue weighted by atomic mass is 10.1. The molecule has 1 aromatic heterocycles. The van der Waals surface area contributed by atoms with E-state index >= 15 is 0 Å². The van der Waals surface area contributed by atoms with E-state index in [2.05, 4.69) is 20.6 Å². The summed E-state index contributed by atoms with van der Waals surface area (Å²) in [6.07, 6.45) is -1.52. The first-order valence-corrected chi connectivity index (χ1v) is 12.8. The summed E-state index contributed by atoms with van der Waals surface area (Å²) in [5.41, 5.74) is 3.32. The molecule has 0 atom stereocenters. The quantitative estimate of drug-likeness (QED) is 0.226. The van der Waals surface area contributed by atoms with E-state index in [0.717, 1.165) is 16.5 Å². The van der Waals surface area contributed by atoms with Crippen molar-refractivity contribution in [3.63, 3.8) is 0 Å². The molecule has 0 unspecified atom stereocenters. The number of carbonyl (C=O) groups excluding carboxylic acids is 2. The molecule has 41 heavy (non-hydrogen) atoms. The Morgan fingerprint density at radius 1 is 1.02 bits per heavy atom. The number of nitrogens with one attached hydrogen (secondary N) is 2. The monoisotopic (exact) mass is 598 g/mol. The number of fused-ring (bicyclic) bond motifs is 1. The average Bonchev–Trinajstić information content (AvgIpc) is 3.28. The molecule has 1 aliphatic heterocycles. The zero-order valence-corrected chi connectivity index (χ0v) is 22.2. The Balaban J connectivity index is 0.000000493. The smallest absolute Gasteiger partial charge is 0.475 e. The summed E-state index contributed by atoms with van der Waals surface area (Å²) < 4.78 is 31.7. The van der Waals surface area contributed by atoms with Crippen molar-refractivity contribution < 1.29 is 32.7 Å². The third-order valence-electron chi connectivity index (χ3n) is 5.28. The van der Waals surface area contributed by atoms with Crippen LogP contribution in [0.15, 0.2) is 95.0 Å². The predicted octanol–water partition coefficient (Wildman–Crippen LogP) is 6.67. The number of nitrogens with zero attached hydrogens (tertiary/aromatic N) is 2. The number of anilines is 1. The Bertz CT molecular complexity index is 1700. The maximum Gasteiger partial charge on any atom is 0.490 e. The molecule has 1 fully saturated rings. The number of aliphatic imine (C=N–C) groups is 1. The minimum absolute atomic E-state index is 0.235. The van der Waals surface area contributed by atoms with Crippen molar-refractivity contribution in [2.45, 2.75) is 6.18 Å². The summed E-state index contributed by atoms with van der Waals surface area (Å²) in [6, 6.07) is 23.6. The number of thioether (sulfide) groups is 1. The Hall–Kier alpha value is -4.68. The summed E-state index contributed by atoms with van der Waals surface area (Å²) in [6.45, 7) is 0. The molecule has 1 aliphatic rings. The van der Waals surface area contributed by atoms with Gasteiger partial charge in [0.15, 0.2) is 5.17 Å². The number of aromatic nitrogens is 1. The molecule has 5 rings (SSSR count). The summed E-state index contributed by atoms with van der Waals surface area (Å²) in [5.74, 6) is -3.23. The van der Waals surface area contributed by atoms with Crippen molar-refractivity contribution in [1.82, 2.24) is 10.3 Å². The van der Waals surface area contributed by atoms with Crippen LogP contribution >= 0.6 is 23.4 Å². The Labute approximate surface area is 240 Å². The molecule has 2 heterocycles. The third-order valence-corrected chi connectivity index (χ3v) is 6.51. The van der Waals surface area contributed by atoms with Crippen LogP contribution in [-0.2, 0) is 9.59 Å². The molecule has 8 nitrogen and oxygen atoms in total. The number of amidine groups is 1. The first-order valence-electron chi connectivity index (χ1n) is 11.6. The second-order valence-electron chi connectivity index (χ2n) is 8.23. The van der Waals surface area contributed by atoms with E-state index in [9.17, 15) is 22.8 Å². The number of hydrogen-bond donors (Lipinski definition) is 3. The average molecular weight is 599 g/mol. The minimum Gasteiger partial charge on any atom is -0.475 e. The second kappa shape index (κ2) is 12.7. The van der Waals surface area contributed by atoms with Crippen LogP contribution in [0, 0.1) is 0 Å². The number of carboxylic acids is 1. The molecule has 0 bridgehead atoms. The lowest BCUT2D eigenvalue weighted by Gasteiger charge is -2.07. The fourth-order valence-electron chi connectivity index (χ4n) is 3.39. The van der Waals surface area contributed by atoms with Crippen molar-refractivity contribution in [2.24, 2.45) is 4.99 Å². The molecule has 4 aromatic rings. The number of aliphatic carboxylic acids is 1. The normalized spacial score (nSPS) is 14.9. The highest BCUT2D eigenvalue weighted by Crippen LogP contribution is 2.33. The first kappa shape index (κ1) is 29.3. The van der Waals surface area contributed by atoms with Gasteiger partial charge in [0.2, 0.25) is 0 Å². The van der Waals surface area contributed by atoms with Crippen molar-refractivity contribution in [2.75, 3.05) is 5.32 Å². The van der Waals surface area contributed by atoms with Gasteiger partial charge in [0.25, 0.3) is 11.8 Å². The third kappa shape index (κ3) is 7.93. The van der Waals surface area contributed by atoms with Gasteiger partial charge in [-0.25, -0.2) is 9.79 Å². The van der Waals surface area contributed by atoms with E-state index in [1.165, 1.54) is 11.8 Å². The number of amides is 2. The van der Waals surface area contributed by atoms with Gasteiger partial charge < -0.3 is 15.7 Å². The van der Waals surface area contributed by atoms with Gasteiger partial charge in [0.1, 0.15) is 0 Å². The number of hydrogen-bond acceptors (Lipinski definition) is 6.